The largest absolute Gasteiger partial charge is 0.496 e. The third-order valence-corrected chi connectivity index (χ3v) is 4.09. The predicted octanol–water partition coefficient (Wildman–Crippen LogP) is 3.32. The Morgan fingerprint density at radius 3 is 2.75 bits per heavy atom. The molecular weight excluding hydrogens is 250 g/mol. The van der Waals surface area contributed by atoms with E-state index in [0.717, 1.165) is 44.4 Å². The zero-order valence-corrected chi connectivity index (χ0v) is 12.4. The van der Waals surface area contributed by atoms with Gasteiger partial charge in [-0.15, -0.1) is 0 Å². The quantitative estimate of drug-likeness (QED) is 0.775. The zero-order chi connectivity index (χ0) is 14.2. The van der Waals surface area contributed by atoms with E-state index in [9.17, 15) is 4.79 Å². The first-order chi connectivity index (χ1) is 9.81. The molecule has 0 aliphatic heterocycles. The number of aryl methyl sites for hydroxylation is 1. The van der Waals surface area contributed by atoms with Crippen LogP contribution in [0.3, 0.4) is 0 Å². The molecule has 1 aliphatic rings. The first kappa shape index (κ1) is 14.9. The lowest BCUT2D eigenvalue weighted by Crippen LogP contribution is -2.30. The molecule has 1 fully saturated rings. The molecule has 0 saturated heterocycles. The van der Waals surface area contributed by atoms with Gasteiger partial charge >= 0.3 is 0 Å². The summed E-state index contributed by atoms with van der Waals surface area (Å²) < 4.78 is 5.34. The smallest absolute Gasteiger partial charge is 0.223 e. The first-order valence-corrected chi connectivity index (χ1v) is 7.71. The number of benzene rings is 1. The molecule has 1 N–H and O–H groups in total. The Hall–Kier alpha value is -1.51. The maximum absolute atomic E-state index is 11.8. The summed E-state index contributed by atoms with van der Waals surface area (Å²) >= 11 is 0. The molecule has 0 heterocycles. The molecular formula is C17H25NO2. The first-order valence-electron chi connectivity index (χ1n) is 7.71. The van der Waals surface area contributed by atoms with E-state index in [1.807, 2.05) is 18.2 Å². The Morgan fingerprint density at radius 1 is 1.25 bits per heavy atom. The van der Waals surface area contributed by atoms with Crippen molar-refractivity contribution in [3.05, 3.63) is 29.8 Å². The molecule has 1 aliphatic carbocycles. The van der Waals surface area contributed by atoms with E-state index >= 15 is 0 Å². The summed E-state index contributed by atoms with van der Waals surface area (Å²) in [6.07, 6.45) is 7.68. The second-order valence-corrected chi connectivity index (χ2v) is 5.54. The molecule has 0 atom stereocenters. The molecule has 3 heteroatoms. The van der Waals surface area contributed by atoms with Gasteiger partial charge in [-0.1, -0.05) is 31.0 Å². The van der Waals surface area contributed by atoms with Crippen LogP contribution in [0.1, 0.15) is 44.1 Å². The monoisotopic (exact) mass is 275 g/mol. The van der Waals surface area contributed by atoms with Gasteiger partial charge in [-0.25, -0.2) is 0 Å². The fourth-order valence-electron chi connectivity index (χ4n) is 2.89. The van der Waals surface area contributed by atoms with Crippen molar-refractivity contribution < 1.29 is 9.53 Å². The number of unbranched alkanes of at least 4 members (excludes halogenated alkanes) is 1. The third kappa shape index (κ3) is 4.26. The molecule has 2 rings (SSSR count). The van der Waals surface area contributed by atoms with Crippen molar-refractivity contribution in [3.8, 4) is 5.75 Å². The van der Waals surface area contributed by atoms with Crippen molar-refractivity contribution in [3.63, 3.8) is 0 Å². The Balaban J connectivity index is 1.62. The van der Waals surface area contributed by atoms with Gasteiger partial charge in [0.05, 0.1) is 7.11 Å². The Labute approximate surface area is 121 Å². The number of hydrogen-bond donors (Lipinski definition) is 1. The molecule has 110 valence electrons. The van der Waals surface area contributed by atoms with Gasteiger partial charge in [-0.3, -0.25) is 4.79 Å². The van der Waals surface area contributed by atoms with E-state index in [1.165, 1.54) is 18.4 Å². The zero-order valence-electron chi connectivity index (χ0n) is 12.4. The minimum atomic E-state index is 0.264. The third-order valence-electron chi connectivity index (χ3n) is 4.09. The minimum Gasteiger partial charge on any atom is -0.496 e. The number of rotatable bonds is 7. The summed E-state index contributed by atoms with van der Waals surface area (Å²) in [6, 6.07) is 8.14. The van der Waals surface area contributed by atoms with Crippen LogP contribution < -0.4 is 10.1 Å². The molecule has 1 amide bonds. The molecule has 3 nitrogen and oxygen atoms in total. The summed E-state index contributed by atoms with van der Waals surface area (Å²) in [5.74, 6) is 1.51. The maximum atomic E-state index is 11.8. The highest BCUT2D eigenvalue weighted by atomic mass is 16.5. The number of para-hydroxylation sites is 1. The van der Waals surface area contributed by atoms with Crippen LogP contribution in [0, 0.1) is 5.92 Å². The lowest BCUT2D eigenvalue weighted by atomic mass is 10.1. The lowest BCUT2D eigenvalue weighted by Gasteiger charge is -2.11. The van der Waals surface area contributed by atoms with E-state index < -0.39 is 0 Å². The summed E-state index contributed by atoms with van der Waals surface area (Å²) in [5, 5.41) is 3.07. The fraction of sp³-hybridized carbons (Fsp3) is 0.588. The number of methoxy groups -OCH3 is 1. The van der Waals surface area contributed by atoms with Crippen molar-refractivity contribution >= 4 is 5.91 Å². The predicted molar refractivity (Wildman–Crippen MR) is 80.9 cm³/mol. The van der Waals surface area contributed by atoms with E-state index in [1.54, 1.807) is 7.11 Å². The second kappa shape index (κ2) is 7.93. The Kier molecular flexibility index (Phi) is 5.90. The summed E-state index contributed by atoms with van der Waals surface area (Å²) in [4.78, 5) is 11.8. The van der Waals surface area contributed by atoms with E-state index in [-0.39, 0.29) is 11.8 Å². The van der Waals surface area contributed by atoms with E-state index in [4.69, 9.17) is 4.74 Å². The molecule has 1 aromatic rings. The van der Waals surface area contributed by atoms with Gasteiger partial charge in [0, 0.05) is 12.5 Å². The highest BCUT2D eigenvalue weighted by Crippen LogP contribution is 2.24. The summed E-state index contributed by atoms with van der Waals surface area (Å²) in [7, 11) is 1.71. The standard InChI is InChI=1S/C17H25NO2/c1-20-16-12-5-4-8-14(16)9-6-7-13-18-17(19)15-10-2-3-11-15/h4-5,8,12,15H,2-3,6-7,9-11,13H2,1H3,(H,18,19). The molecule has 0 unspecified atom stereocenters. The van der Waals surface area contributed by atoms with Crippen LogP contribution in [0.5, 0.6) is 5.75 Å². The number of hydrogen-bond acceptors (Lipinski definition) is 2. The van der Waals surface area contributed by atoms with Crippen molar-refractivity contribution in [1.82, 2.24) is 5.32 Å². The van der Waals surface area contributed by atoms with Gasteiger partial charge in [-0.2, -0.15) is 0 Å². The number of carbonyl (C=O) groups excluding carboxylic acids is 1. The van der Waals surface area contributed by atoms with Gasteiger partial charge < -0.3 is 10.1 Å². The highest BCUT2D eigenvalue weighted by molar-refractivity contribution is 5.78. The van der Waals surface area contributed by atoms with Crippen LogP contribution >= 0.6 is 0 Å². The van der Waals surface area contributed by atoms with Crippen LogP contribution in [0.2, 0.25) is 0 Å². The van der Waals surface area contributed by atoms with Crippen LogP contribution in [-0.4, -0.2) is 19.6 Å². The molecule has 1 saturated carbocycles. The van der Waals surface area contributed by atoms with Gasteiger partial charge in [0.25, 0.3) is 0 Å². The minimum absolute atomic E-state index is 0.264. The van der Waals surface area contributed by atoms with Crippen LogP contribution in [0.15, 0.2) is 24.3 Å². The molecule has 20 heavy (non-hydrogen) atoms. The molecule has 0 aromatic heterocycles. The fourth-order valence-corrected chi connectivity index (χ4v) is 2.89. The molecule has 0 bridgehead atoms. The average Bonchev–Trinajstić information content (AvgIpc) is 3.01. The Morgan fingerprint density at radius 2 is 2.00 bits per heavy atom. The van der Waals surface area contributed by atoms with Gasteiger partial charge in [0.2, 0.25) is 5.91 Å². The average molecular weight is 275 g/mol. The Bertz CT molecular complexity index is 425. The lowest BCUT2D eigenvalue weighted by molar-refractivity contribution is -0.124. The highest BCUT2D eigenvalue weighted by Gasteiger charge is 2.21. The maximum Gasteiger partial charge on any atom is 0.223 e. The molecule has 0 spiro atoms. The van der Waals surface area contributed by atoms with Crippen LogP contribution in [0.4, 0.5) is 0 Å². The van der Waals surface area contributed by atoms with Crippen LogP contribution in [-0.2, 0) is 11.2 Å². The van der Waals surface area contributed by atoms with Crippen molar-refractivity contribution in [2.45, 2.75) is 44.9 Å². The molecule has 0 radical (unpaired) electrons. The number of carbonyl (C=O) groups is 1. The van der Waals surface area contributed by atoms with Crippen molar-refractivity contribution in [2.24, 2.45) is 5.92 Å². The van der Waals surface area contributed by atoms with Gasteiger partial charge in [0.1, 0.15) is 5.75 Å². The van der Waals surface area contributed by atoms with E-state index in [0.29, 0.717) is 0 Å². The number of nitrogens with one attached hydrogen (secondary N) is 1. The van der Waals surface area contributed by atoms with E-state index in [2.05, 4.69) is 11.4 Å². The van der Waals surface area contributed by atoms with Gasteiger partial charge in [0.15, 0.2) is 0 Å². The summed E-state index contributed by atoms with van der Waals surface area (Å²) in [5.41, 5.74) is 1.25. The summed E-state index contributed by atoms with van der Waals surface area (Å²) in [6.45, 7) is 0.796. The number of ether oxygens (including phenoxy) is 1. The van der Waals surface area contributed by atoms with Crippen molar-refractivity contribution in [1.29, 1.82) is 0 Å². The topological polar surface area (TPSA) is 38.3 Å². The van der Waals surface area contributed by atoms with Crippen molar-refractivity contribution in [2.75, 3.05) is 13.7 Å². The molecule has 1 aromatic carbocycles. The van der Waals surface area contributed by atoms with Crippen LogP contribution in [0.25, 0.3) is 0 Å². The second-order valence-electron chi connectivity index (χ2n) is 5.54. The SMILES string of the molecule is COc1ccccc1CCCCNC(=O)C1CCCC1. The van der Waals surface area contributed by atoms with Gasteiger partial charge in [-0.05, 0) is 43.7 Å². The normalized spacial score (nSPS) is 15.2. The number of amides is 1.